The molecule has 0 spiro atoms. The predicted molar refractivity (Wildman–Crippen MR) is 121 cm³/mol. The van der Waals surface area contributed by atoms with Crippen LogP contribution in [0.1, 0.15) is 12.5 Å². The van der Waals surface area contributed by atoms with Crippen LogP contribution in [0.3, 0.4) is 0 Å². The van der Waals surface area contributed by atoms with Crippen LogP contribution in [-0.2, 0) is 13.2 Å². The molecule has 0 amide bonds. The van der Waals surface area contributed by atoms with Crippen molar-refractivity contribution in [3.63, 3.8) is 0 Å². The van der Waals surface area contributed by atoms with Crippen LogP contribution < -0.4 is 15.2 Å². The minimum atomic E-state index is -0.116. The topological polar surface area (TPSA) is 97.6 Å². The number of ether oxygens (including phenoxy) is 2. The van der Waals surface area contributed by atoms with E-state index in [4.69, 9.17) is 27.4 Å². The zero-order chi connectivity index (χ0) is 21.7. The van der Waals surface area contributed by atoms with Gasteiger partial charge in [-0.25, -0.2) is 0 Å². The first-order valence-electron chi connectivity index (χ1n) is 9.43. The number of fused-ring (bicyclic) bond motifs is 1. The molecule has 9 heteroatoms. The summed E-state index contributed by atoms with van der Waals surface area (Å²) in [7, 11) is 3.12. The second kappa shape index (κ2) is 9.55. The summed E-state index contributed by atoms with van der Waals surface area (Å²) in [6.07, 6.45) is 0. The summed E-state index contributed by atoms with van der Waals surface area (Å²) in [5.74, 6) is 1.03. The molecule has 0 radical (unpaired) electrons. The molecule has 0 atom stereocenters. The number of hydrogen-bond acceptors (Lipinski definition) is 6. The maximum Gasteiger partial charge on any atom is 0.221 e. The Morgan fingerprint density at radius 2 is 1.83 bits per heavy atom. The Bertz CT molecular complexity index is 1070. The van der Waals surface area contributed by atoms with Gasteiger partial charge in [-0.05, 0) is 30.4 Å². The van der Waals surface area contributed by atoms with Gasteiger partial charge in [0.1, 0.15) is 0 Å². The van der Waals surface area contributed by atoms with Gasteiger partial charge in [-0.1, -0.05) is 37.3 Å². The molecule has 2 aromatic carbocycles. The summed E-state index contributed by atoms with van der Waals surface area (Å²) in [5.41, 5.74) is 7.65. The molecule has 3 rings (SSSR count). The van der Waals surface area contributed by atoms with Gasteiger partial charge in [0.05, 0.1) is 26.4 Å². The lowest BCUT2D eigenvalue weighted by molar-refractivity contribution is 0.213. The van der Waals surface area contributed by atoms with E-state index in [0.717, 1.165) is 18.6 Å². The van der Waals surface area contributed by atoms with Crippen molar-refractivity contribution in [3.8, 4) is 17.4 Å². The highest BCUT2D eigenvalue weighted by atomic mass is 32.1. The summed E-state index contributed by atoms with van der Waals surface area (Å²) >= 11 is 4.79. The van der Waals surface area contributed by atoms with Crippen molar-refractivity contribution in [2.45, 2.75) is 20.1 Å². The van der Waals surface area contributed by atoms with Gasteiger partial charge < -0.3 is 20.3 Å². The number of rotatable bonds is 8. The Kier molecular flexibility index (Phi) is 6.86. The van der Waals surface area contributed by atoms with E-state index in [1.807, 2.05) is 24.3 Å². The van der Waals surface area contributed by atoms with Gasteiger partial charge >= 0.3 is 0 Å². The maximum absolute atomic E-state index is 11.0. The lowest BCUT2D eigenvalue weighted by Crippen LogP contribution is -2.25. The first-order chi connectivity index (χ1) is 14.5. The van der Waals surface area contributed by atoms with Crippen LogP contribution in [0.15, 0.2) is 52.7 Å². The summed E-state index contributed by atoms with van der Waals surface area (Å²) in [5, 5.41) is 19.4. The van der Waals surface area contributed by atoms with E-state index in [-0.39, 0.29) is 16.7 Å². The zero-order valence-corrected chi connectivity index (χ0v) is 18.0. The molecular formula is C21H25N5O3S. The summed E-state index contributed by atoms with van der Waals surface area (Å²) in [4.78, 5) is 2.19. The van der Waals surface area contributed by atoms with Crippen LogP contribution in [-0.4, -0.2) is 40.5 Å². The monoisotopic (exact) mass is 427 g/mol. The zero-order valence-electron chi connectivity index (χ0n) is 17.2. The Balaban J connectivity index is 2.09. The van der Waals surface area contributed by atoms with Gasteiger partial charge in [-0.2, -0.15) is 0 Å². The molecular weight excluding hydrogens is 402 g/mol. The molecule has 1 heterocycles. The van der Waals surface area contributed by atoms with Gasteiger partial charge in [0.2, 0.25) is 11.0 Å². The van der Waals surface area contributed by atoms with Crippen LogP contribution in [0.25, 0.3) is 10.9 Å². The Hall–Kier alpha value is -3.17. The molecule has 30 heavy (non-hydrogen) atoms. The third-order valence-corrected chi connectivity index (χ3v) is 4.88. The van der Waals surface area contributed by atoms with Gasteiger partial charge in [-0.3, -0.25) is 9.47 Å². The molecule has 0 fully saturated rings. The van der Waals surface area contributed by atoms with E-state index < -0.39 is 0 Å². The molecule has 3 N–H and O–H groups in total. The fourth-order valence-electron chi connectivity index (χ4n) is 3.29. The number of methoxy groups -OCH3 is 2. The number of nitrogens with zero attached hydrogens (tertiary/aromatic N) is 4. The average Bonchev–Trinajstić information content (AvgIpc) is 3.01. The molecule has 3 aromatic rings. The summed E-state index contributed by atoms with van der Waals surface area (Å²) in [6, 6.07) is 13.7. The summed E-state index contributed by atoms with van der Waals surface area (Å²) < 4.78 is 12.6. The second-order valence-corrected chi connectivity index (χ2v) is 7.05. The van der Waals surface area contributed by atoms with E-state index in [2.05, 4.69) is 34.2 Å². The van der Waals surface area contributed by atoms with E-state index in [1.54, 1.807) is 24.9 Å². The number of aromatic hydroxyl groups is 1. The number of nitrogens with two attached hydrogens (primary N) is 1. The van der Waals surface area contributed by atoms with E-state index in [0.29, 0.717) is 23.6 Å². The minimum absolute atomic E-state index is 0.0354. The second-order valence-electron chi connectivity index (χ2n) is 6.64. The molecule has 0 unspecified atom stereocenters. The molecule has 0 saturated carbocycles. The van der Waals surface area contributed by atoms with Crippen LogP contribution in [0, 0.1) is 0 Å². The van der Waals surface area contributed by atoms with Gasteiger partial charge in [-0.15, -0.1) is 10.2 Å². The van der Waals surface area contributed by atoms with E-state index >= 15 is 0 Å². The molecule has 158 valence electrons. The highest BCUT2D eigenvalue weighted by molar-refractivity contribution is 7.80. The first-order valence-corrected chi connectivity index (χ1v) is 9.83. The third kappa shape index (κ3) is 4.52. The van der Waals surface area contributed by atoms with Gasteiger partial charge in [0, 0.05) is 18.0 Å². The third-order valence-electron chi connectivity index (χ3n) is 4.80. The van der Waals surface area contributed by atoms with E-state index in [9.17, 15) is 5.11 Å². The Labute approximate surface area is 180 Å². The lowest BCUT2D eigenvalue weighted by Gasteiger charge is -2.22. The van der Waals surface area contributed by atoms with Crippen LogP contribution in [0.2, 0.25) is 0 Å². The highest BCUT2D eigenvalue weighted by Crippen LogP contribution is 2.43. The fraction of sp³-hybridized carbons (Fsp3) is 0.286. The molecule has 0 bridgehead atoms. The minimum Gasteiger partial charge on any atom is -0.493 e. The molecule has 0 aliphatic carbocycles. The average molecular weight is 428 g/mol. The fourth-order valence-corrected chi connectivity index (χ4v) is 3.33. The van der Waals surface area contributed by atoms with Crippen molar-refractivity contribution < 1.29 is 14.6 Å². The SMILES string of the molecule is CCN(Cc1ccccc1)Cn1c(O)c(N=NC(N)=S)c2cc(OC)c(OC)cc21. The number of aromatic nitrogens is 1. The van der Waals surface area contributed by atoms with Crippen molar-refractivity contribution in [2.75, 3.05) is 20.8 Å². The van der Waals surface area contributed by atoms with Gasteiger partial charge in [0.15, 0.2) is 17.2 Å². The van der Waals surface area contributed by atoms with Crippen molar-refractivity contribution in [3.05, 3.63) is 48.0 Å². The number of benzene rings is 2. The van der Waals surface area contributed by atoms with Crippen LogP contribution in [0.4, 0.5) is 5.69 Å². The molecule has 8 nitrogen and oxygen atoms in total. The predicted octanol–water partition coefficient (Wildman–Crippen LogP) is 4.17. The van der Waals surface area contributed by atoms with Crippen molar-refractivity contribution in [2.24, 2.45) is 16.0 Å². The normalized spacial score (nSPS) is 11.5. The largest absolute Gasteiger partial charge is 0.493 e. The summed E-state index contributed by atoms with van der Waals surface area (Å²) in [6.45, 7) is 4.02. The number of thiocarbonyl (C=S) groups is 1. The maximum atomic E-state index is 11.0. The van der Waals surface area contributed by atoms with Crippen LogP contribution in [0.5, 0.6) is 17.4 Å². The van der Waals surface area contributed by atoms with E-state index in [1.165, 1.54) is 5.56 Å². The highest BCUT2D eigenvalue weighted by Gasteiger charge is 2.21. The van der Waals surface area contributed by atoms with Crippen molar-refractivity contribution in [1.29, 1.82) is 0 Å². The van der Waals surface area contributed by atoms with Gasteiger partial charge in [0.25, 0.3) is 0 Å². The Morgan fingerprint density at radius 1 is 1.17 bits per heavy atom. The lowest BCUT2D eigenvalue weighted by atomic mass is 10.2. The number of azo groups is 1. The van der Waals surface area contributed by atoms with Crippen molar-refractivity contribution in [1.82, 2.24) is 9.47 Å². The van der Waals surface area contributed by atoms with Crippen LogP contribution >= 0.6 is 12.2 Å². The molecule has 0 saturated heterocycles. The van der Waals surface area contributed by atoms with Crippen molar-refractivity contribution >= 4 is 33.9 Å². The number of hydrogen-bond donors (Lipinski definition) is 2. The Morgan fingerprint density at radius 3 is 2.43 bits per heavy atom. The molecule has 1 aromatic heterocycles. The molecule has 0 aliphatic heterocycles. The standard InChI is InChI=1S/C21H25N5O3S/c1-4-25(12-14-8-6-5-7-9-14)13-26-16-11-18(29-3)17(28-2)10-15(16)19(20(26)27)23-24-21(22)30/h5-11,27H,4,12-13H2,1-3H3,(H2,22,30). The quantitative estimate of drug-likeness (QED) is 0.414. The first kappa shape index (κ1) is 21.5. The molecule has 0 aliphatic rings. The smallest absolute Gasteiger partial charge is 0.221 e.